The molecule has 4 fully saturated rings. The lowest BCUT2D eigenvalue weighted by Gasteiger charge is -2.41. The standard InChI is InChI=1S/C35H43N5O5S/c1-36-46(43,44)37-33(41)22-9-13-27-30(15-22)39-20-35(34(42)40-23-10-11-24(40)19-38(2)18-23)17-29(35)28-16-25(45-3)12-14-26(28)32(39)31(27)21-7-5-4-6-8-21/h9,12-16,21,23-24,29,36H,4-8,10-11,17-20H2,1-3H3,(H,37,41)/t23-,24?,29?,35-/m1/s1. The maximum atomic E-state index is 14.9. The highest BCUT2D eigenvalue weighted by molar-refractivity contribution is 7.88. The molecule has 4 heterocycles. The summed E-state index contributed by atoms with van der Waals surface area (Å²) in [5.41, 5.74) is 5.30. The zero-order chi connectivity index (χ0) is 32.0. The van der Waals surface area contributed by atoms with Crippen molar-refractivity contribution in [1.82, 2.24) is 23.8 Å². The zero-order valence-corrected chi connectivity index (χ0v) is 27.7. The number of rotatable bonds is 6. The van der Waals surface area contributed by atoms with Crippen LogP contribution in [0.25, 0.3) is 22.2 Å². The number of carbonyl (C=O) groups excluding carboxylic acids is 2. The number of benzene rings is 2. The van der Waals surface area contributed by atoms with Crippen LogP contribution in [-0.2, 0) is 21.5 Å². The number of nitrogens with zero attached hydrogens (tertiary/aromatic N) is 3. The normalized spacial score (nSPS) is 27.5. The number of nitrogens with one attached hydrogen (secondary N) is 2. The Hall–Kier alpha value is -3.41. The smallest absolute Gasteiger partial charge is 0.301 e. The van der Waals surface area contributed by atoms with E-state index in [2.05, 4.69) is 43.0 Å². The van der Waals surface area contributed by atoms with Gasteiger partial charge in [-0.3, -0.25) is 9.59 Å². The summed E-state index contributed by atoms with van der Waals surface area (Å²) in [6.07, 6.45) is 8.63. The van der Waals surface area contributed by atoms with Crippen molar-refractivity contribution in [3.63, 3.8) is 0 Å². The molecule has 1 aromatic heterocycles. The number of carbonyl (C=O) groups is 2. The van der Waals surface area contributed by atoms with Crippen molar-refractivity contribution >= 4 is 32.9 Å². The Morgan fingerprint density at radius 2 is 1.72 bits per heavy atom. The van der Waals surface area contributed by atoms with Crippen LogP contribution >= 0.6 is 0 Å². The largest absolute Gasteiger partial charge is 0.497 e. The van der Waals surface area contributed by atoms with Gasteiger partial charge >= 0.3 is 10.2 Å². The summed E-state index contributed by atoms with van der Waals surface area (Å²) in [5.74, 6) is 0.802. The molecule has 3 aromatic rings. The molecule has 2 amide bonds. The van der Waals surface area contributed by atoms with Crippen LogP contribution in [0.3, 0.4) is 0 Å². The van der Waals surface area contributed by atoms with Gasteiger partial charge in [0.1, 0.15) is 5.75 Å². The molecule has 8 rings (SSSR count). The SMILES string of the molecule is CNS(=O)(=O)NC(=O)c1ccc2c(C3CCCCC3)c3n(c2c1)C[C@]1(C(=O)N2C4CC[C@@H]2CN(C)C4)CC1c1cc(OC)ccc1-3. The Morgan fingerprint density at radius 3 is 2.41 bits per heavy atom. The van der Waals surface area contributed by atoms with Gasteiger partial charge in [0.25, 0.3) is 5.91 Å². The molecule has 2 N–H and O–H groups in total. The van der Waals surface area contributed by atoms with Gasteiger partial charge in [0.05, 0.1) is 18.2 Å². The van der Waals surface area contributed by atoms with Crippen LogP contribution in [0, 0.1) is 5.41 Å². The molecule has 2 saturated heterocycles. The molecule has 2 aliphatic carbocycles. The number of likely N-dealkylation sites (tertiary alicyclic amines) is 1. The van der Waals surface area contributed by atoms with E-state index in [1.165, 1.54) is 37.4 Å². The van der Waals surface area contributed by atoms with Gasteiger partial charge in [-0.15, -0.1) is 0 Å². The van der Waals surface area contributed by atoms with E-state index in [0.29, 0.717) is 12.5 Å². The molecular weight excluding hydrogens is 602 g/mol. The van der Waals surface area contributed by atoms with Crippen molar-refractivity contribution in [1.29, 1.82) is 0 Å². The van der Waals surface area contributed by atoms with E-state index in [1.54, 1.807) is 13.2 Å². The van der Waals surface area contributed by atoms with Gasteiger partial charge in [-0.05, 0) is 86.5 Å². The lowest BCUT2D eigenvalue weighted by atomic mass is 9.81. The maximum absolute atomic E-state index is 14.9. The van der Waals surface area contributed by atoms with Gasteiger partial charge in [0, 0.05) is 66.7 Å². The van der Waals surface area contributed by atoms with Crippen molar-refractivity contribution in [2.45, 2.75) is 81.8 Å². The first kappa shape index (κ1) is 30.0. The van der Waals surface area contributed by atoms with Crippen molar-refractivity contribution in [3.8, 4) is 17.0 Å². The number of likely N-dealkylation sites (N-methyl/N-ethyl adjacent to an activating group) is 1. The second kappa shape index (κ2) is 10.8. The molecule has 46 heavy (non-hydrogen) atoms. The highest BCUT2D eigenvalue weighted by Crippen LogP contribution is 2.66. The number of fused-ring (bicyclic) bond motifs is 9. The van der Waals surface area contributed by atoms with Gasteiger partial charge in [0.15, 0.2) is 0 Å². The molecule has 2 unspecified atom stereocenters. The van der Waals surface area contributed by atoms with Crippen molar-refractivity contribution in [2.24, 2.45) is 5.41 Å². The minimum Gasteiger partial charge on any atom is -0.497 e. The summed E-state index contributed by atoms with van der Waals surface area (Å²) in [5, 5.41) is 1.08. The predicted octanol–water partition coefficient (Wildman–Crippen LogP) is 4.35. The van der Waals surface area contributed by atoms with E-state index in [9.17, 15) is 18.0 Å². The third-order valence-corrected chi connectivity index (χ3v) is 12.6. The van der Waals surface area contributed by atoms with Gasteiger partial charge < -0.3 is 19.1 Å². The molecule has 2 bridgehead atoms. The number of piperazine rings is 1. The fourth-order valence-corrected chi connectivity index (χ4v) is 9.82. The van der Waals surface area contributed by atoms with Crippen molar-refractivity contribution in [3.05, 3.63) is 53.1 Å². The van der Waals surface area contributed by atoms with Crippen LogP contribution in [0.2, 0.25) is 0 Å². The quantitative estimate of drug-likeness (QED) is 0.412. The number of methoxy groups -OCH3 is 1. The van der Waals surface area contributed by atoms with Gasteiger partial charge in [-0.2, -0.15) is 8.42 Å². The molecule has 244 valence electrons. The third-order valence-electron chi connectivity index (χ3n) is 11.6. The molecule has 4 atom stereocenters. The fraction of sp³-hybridized carbons (Fsp3) is 0.543. The van der Waals surface area contributed by atoms with Gasteiger partial charge in [0.2, 0.25) is 5.91 Å². The second-order valence-electron chi connectivity index (χ2n) is 14.2. The molecule has 2 aromatic carbocycles. The lowest BCUT2D eigenvalue weighted by Crippen LogP contribution is -2.57. The molecule has 3 aliphatic heterocycles. The average Bonchev–Trinajstić information content (AvgIpc) is 3.64. The highest BCUT2D eigenvalue weighted by atomic mass is 32.2. The number of amides is 2. The average molecular weight is 646 g/mol. The Kier molecular flexibility index (Phi) is 7.04. The summed E-state index contributed by atoms with van der Waals surface area (Å²) in [6, 6.07) is 12.4. The summed E-state index contributed by atoms with van der Waals surface area (Å²) < 4.78 is 36.8. The van der Waals surface area contributed by atoms with Crippen LogP contribution < -0.4 is 14.2 Å². The molecule has 10 nitrogen and oxygen atoms in total. The fourth-order valence-electron chi connectivity index (χ4n) is 9.36. The molecule has 5 aliphatic rings. The summed E-state index contributed by atoms with van der Waals surface area (Å²) in [4.78, 5) is 32.8. The molecule has 11 heteroatoms. The second-order valence-corrected chi connectivity index (χ2v) is 15.9. The minimum atomic E-state index is -3.97. The Balaban J connectivity index is 1.33. The molecular formula is C35H43N5O5S. The first-order valence-electron chi connectivity index (χ1n) is 16.8. The zero-order valence-electron chi connectivity index (χ0n) is 26.8. The highest BCUT2D eigenvalue weighted by Gasteiger charge is 2.65. The van der Waals surface area contributed by atoms with Crippen LogP contribution in [0.1, 0.15) is 84.7 Å². The molecule has 0 radical (unpaired) electrons. The Morgan fingerprint density at radius 1 is 0.978 bits per heavy atom. The van der Waals surface area contributed by atoms with E-state index in [4.69, 9.17) is 4.74 Å². The van der Waals surface area contributed by atoms with E-state index >= 15 is 0 Å². The van der Waals surface area contributed by atoms with Gasteiger partial charge in [-0.1, -0.05) is 25.3 Å². The van der Waals surface area contributed by atoms with E-state index in [-0.39, 0.29) is 29.5 Å². The predicted molar refractivity (Wildman–Crippen MR) is 176 cm³/mol. The van der Waals surface area contributed by atoms with Crippen molar-refractivity contribution < 1.29 is 22.7 Å². The first-order chi connectivity index (χ1) is 22.1. The number of hydrogen-bond acceptors (Lipinski definition) is 6. The topological polar surface area (TPSA) is 113 Å². The minimum absolute atomic E-state index is 0.0746. The monoisotopic (exact) mass is 645 g/mol. The molecule has 0 spiro atoms. The van der Waals surface area contributed by atoms with Crippen LogP contribution in [0.5, 0.6) is 5.75 Å². The van der Waals surface area contributed by atoms with Crippen LogP contribution in [0.15, 0.2) is 36.4 Å². The Labute approximate surface area is 270 Å². The Bertz CT molecular complexity index is 1850. The molecule has 2 saturated carbocycles. The van der Waals surface area contributed by atoms with E-state index in [0.717, 1.165) is 73.1 Å². The van der Waals surface area contributed by atoms with Gasteiger partial charge in [-0.25, -0.2) is 9.44 Å². The number of ether oxygens (including phenoxy) is 1. The summed E-state index contributed by atoms with van der Waals surface area (Å²) in [6.45, 7) is 2.34. The first-order valence-corrected chi connectivity index (χ1v) is 18.2. The lowest BCUT2D eigenvalue weighted by molar-refractivity contribution is -0.143. The van der Waals surface area contributed by atoms with E-state index < -0.39 is 21.5 Å². The van der Waals surface area contributed by atoms with Crippen LogP contribution in [-0.4, -0.2) is 81.0 Å². The van der Waals surface area contributed by atoms with E-state index in [1.807, 2.05) is 18.2 Å². The third kappa shape index (κ3) is 4.60. The maximum Gasteiger partial charge on any atom is 0.301 e. The van der Waals surface area contributed by atoms with Crippen molar-refractivity contribution in [2.75, 3.05) is 34.3 Å². The summed E-state index contributed by atoms with van der Waals surface area (Å²) >= 11 is 0. The van der Waals surface area contributed by atoms with Crippen LogP contribution in [0.4, 0.5) is 0 Å². The number of hydrogen-bond donors (Lipinski definition) is 2. The number of aromatic nitrogens is 1. The summed E-state index contributed by atoms with van der Waals surface area (Å²) in [7, 11) is 1.14.